The number of aldehydes is 1. The van der Waals surface area contributed by atoms with Crippen LogP contribution in [0.5, 0.6) is 5.75 Å². The number of carbonyl (C=O) groups excluding carboxylic acids is 1. The molecule has 1 saturated heterocycles. The monoisotopic (exact) mass is 726 g/mol. The minimum Gasteiger partial charge on any atom is -0.491 e. The Morgan fingerprint density at radius 2 is 1.90 bits per heavy atom. The van der Waals surface area contributed by atoms with Gasteiger partial charge < -0.3 is 14.5 Å². The van der Waals surface area contributed by atoms with Crippen LogP contribution in [0.3, 0.4) is 0 Å². The first-order chi connectivity index (χ1) is 24.2. The Bertz CT molecular complexity index is 1450. The third-order valence-electron chi connectivity index (χ3n) is 11.6. The van der Waals surface area contributed by atoms with Gasteiger partial charge in [-0.05, 0) is 97.9 Å². The maximum atomic E-state index is 13.1. The highest BCUT2D eigenvalue weighted by Crippen LogP contribution is 2.44. The van der Waals surface area contributed by atoms with Crippen molar-refractivity contribution < 1.29 is 13.9 Å². The topological polar surface area (TPSA) is 48.0 Å². The first-order valence-corrected chi connectivity index (χ1v) is 20.7. The quantitative estimate of drug-likeness (QED) is 0.101. The van der Waals surface area contributed by atoms with E-state index in [4.69, 9.17) is 16.3 Å². The van der Waals surface area contributed by atoms with Gasteiger partial charge in [0.1, 0.15) is 18.7 Å². The van der Waals surface area contributed by atoms with Gasteiger partial charge in [-0.25, -0.2) is 4.39 Å². The third kappa shape index (κ3) is 10.0. The lowest BCUT2D eigenvalue weighted by Crippen LogP contribution is -2.50. The maximum absolute atomic E-state index is 13.1. The van der Waals surface area contributed by atoms with Crippen molar-refractivity contribution in [3.63, 3.8) is 0 Å². The molecule has 0 aromatic heterocycles. The molecule has 2 aliphatic heterocycles. The summed E-state index contributed by atoms with van der Waals surface area (Å²) in [6.07, 6.45) is 11.4. The van der Waals surface area contributed by atoms with Crippen molar-refractivity contribution in [2.45, 2.75) is 64.0 Å². The SMILES string of the molecule is C=S(NC)C(C)C(C)C/C=C/C(CN1CCN(CCF)CC1)C1CCC1CN1CC(c2ccc(Cl)cc2CCC)COc2ccc(C=O)cc21. The number of nitrogens with one attached hydrogen (secondary N) is 1. The molecule has 2 fully saturated rings. The molecule has 1 aliphatic carbocycles. The molecule has 1 N–H and O–H groups in total. The van der Waals surface area contributed by atoms with Gasteiger partial charge in [0.25, 0.3) is 0 Å². The normalized spacial score (nSPS) is 24.1. The number of fused-ring (bicyclic) bond motifs is 1. The number of alkyl halides is 1. The second kappa shape index (κ2) is 19.0. The van der Waals surface area contributed by atoms with Crippen molar-refractivity contribution in [3.05, 3.63) is 70.3 Å². The van der Waals surface area contributed by atoms with E-state index in [0.717, 1.165) is 87.8 Å². The molecule has 7 unspecified atom stereocenters. The van der Waals surface area contributed by atoms with Gasteiger partial charge in [-0.1, -0.05) is 62.9 Å². The molecule has 6 nitrogen and oxygen atoms in total. The number of nitrogens with zero attached hydrogens (tertiary/aromatic N) is 3. The summed E-state index contributed by atoms with van der Waals surface area (Å²) in [6.45, 7) is 14.4. The van der Waals surface area contributed by atoms with Crippen LogP contribution in [0.2, 0.25) is 5.02 Å². The molecule has 5 rings (SSSR count). The number of rotatable bonds is 17. The van der Waals surface area contributed by atoms with Crippen LogP contribution in [0.25, 0.3) is 0 Å². The molecule has 3 aliphatic rings. The van der Waals surface area contributed by atoms with Gasteiger partial charge in [0.15, 0.2) is 0 Å². The predicted octanol–water partition coefficient (Wildman–Crippen LogP) is 8.12. The lowest BCUT2D eigenvalue weighted by molar-refractivity contribution is 0.0725. The van der Waals surface area contributed by atoms with Crippen LogP contribution in [0, 0.1) is 23.7 Å². The van der Waals surface area contributed by atoms with Crippen molar-refractivity contribution in [1.82, 2.24) is 14.5 Å². The molecule has 0 bridgehead atoms. The van der Waals surface area contributed by atoms with E-state index in [1.54, 1.807) is 0 Å². The zero-order valence-electron chi connectivity index (χ0n) is 30.8. The molecule has 0 spiro atoms. The average Bonchev–Trinajstić information content (AvgIpc) is 3.29. The van der Waals surface area contributed by atoms with Gasteiger partial charge in [-0.3, -0.25) is 14.4 Å². The molecule has 1 saturated carbocycles. The Morgan fingerprint density at radius 1 is 1.12 bits per heavy atom. The van der Waals surface area contributed by atoms with E-state index in [1.165, 1.54) is 24.0 Å². The number of hydrogen-bond donors (Lipinski definition) is 1. The van der Waals surface area contributed by atoms with Gasteiger partial charge in [0.05, 0.1) is 12.3 Å². The van der Waals surface area contributed by atoms with Crippen LogP contribution in [-0.2, 0) is 6.42 Å². The van der Waals surface area contributed by atoms with E-state index in [0.29, 0.717) is 47.6 Å². The Labute approximate surface area is 308 Å². The van der Waals surface area contributed by atoms with Gasteiger partial charge in [0, 0.05) is 74.1 Å². The van der Waals surface area contributed by atoms with E-state index in [2.05, 4.69) is 70.3 Å². The smallest absolute Gasteiger partial charge is 0.150 e. The molecule has 9 heteroatoms. The van der Waals surface area contributed by atoms with Gasteiger partial charge in [0.2, 0.25) is 0 Å². The number of anilines is 1. The number of halogens is 2. The number of aryl methyl sites for hydroxylation is 1. The van der Waals surface area contributed by atoms with Crippen LogP contribution < -0.4 is 14.4 Å². The molecular weight excluding hydrogens is 667 g/mol. The third-order valence-corrected chi connectivity index (χ3v) is 13.7. The number of carbonyl (C=O) groups is 1. The molecule has 7 atom stereocenters. The second-order valence-electron chi connectivity index (χ2n) is 14.8. The first kappa shape index (κ1) is 39.0. The minimum absolute atomic E-state index is 0.0471. The summed E-state index contributed by atoms with van der Waals surface area (Å²) in [6, 6.07) is 12.2. The molecule has 2 aromatic carbocycles. The Kier molecular flexibility index (Phi) is 14.8. The standard InChI is InChI=1S/C41H60ClFN4O2S/c1-6-8-33-24-37(42)13-15-38(33)36-27-47(40-23-32(28-48)11-16-41(40)49-29-36)26-35-12-14-39(35)34(10-7-9-30(2)31(3)50(5)44-4)25-46-21-19-45(18-17-43)20-22-46/h7,10-11,13,15-16,23-24,28,30-31,34-36,39,44H,5-6,8-9,12,14,17-22,25-27,29H2,1-4H3/b10-7+. The summed E-state index contributed by atoms with van der Waals surface area (Å²) >= 11 is 6.47. The van der Waals surface area contributed by atoms with Crippen LogP contribution in [0.4, 0.5) is 10.1 Å². The van der Waals surface area contributed by atoms with E-state index >= 15 is 0 Å². The zero-order valence-corrected chi connectivity index (χ0v) is 32.4. The number of allylic oxidation sites excluding steroid dienone is 1. The van der Waals surface area contributed by atoms with Crippen molar-refractivity contribution in [3.8, 4) is 5.75 Å². The average molecular weight is 727 g/mol. The molecule has 2 heterocycles. The van der Waals surface area contributed by atoms with Gasteiger partial charge >= 0.3 is 0 Å². The summed E-state index contributed by atoms with van der Waals surface area (Å²) in [7, 11) is 1.96. The molecule has 0 amide bonds. The van der Waals surface area contributed by atoms with Crippen LogP contribution in [0.1, 0.15) is 73.9 Å². The first-order valence-electron chi connectivity index (χ1n) is 18.9. The molecule has 2 aromatic rings. The summed E-state index contributed by atoms with van der Waals surface area (Å²) < 4.78 is 22.9. The summed E-state index contributed by atoms with van der Waals surface area (Å²) in [4.78, 5) is 19.3. The molecule has 276 valence electrons. The second-order valence-corrected chi connectivity index (χ2v) is 17.3. The van der Waals surface area contributed by atoms with E-state index < -0.39 is 0 Å². The fourth-order valence-corrected chi connectivity index (χ4v) is 9.39. The van der Waals surface area contributed by atoms with Crippen molar-refractivity contribution >= 4 is 40.1 Å². The van der Waals surface area contributed by atoms with Crippen LogP contribution >= 0.6 is 22.3 Å². The molecule has 50 heavy (non-hydrogen) atoms. The van der Waals surface area contributed by atoms with Crippen molar-refractivity contribution in [1.29, 1.82) is 0 Å². The number of hydrogen-bond acceptors (Lipinski definition) is 6. The molecule has 0 radical (unpaired) electrons. The largest absolute Gasteiger partial charge is 0.491 e. The number of ether oxygens (including phenoxy) is 1. The lowest BCUT2D eigenvalue weighted by Gasteiger charge is -2.46. The lowest BCUT2D eigenvalue weighted by atomic mass is 9.66. The van der Waals surface area contributed by atoms with E-state index in [1.807, 2.05) is 31.3 Å². The Hall–Kier alpha value is -2.23. The van der Waals surface area contributed by atoms with E-state index in [9.17, 15) is 9.18 Å². The summed E-state index contributed by atoms with van der Waals surface area (Å²) in [5.74, 6) is 7.49. The highest BCUT2D eigenvalue weighted by molar-refractivity contribution is 8.12. The fourth-order valence-electron chi connectivity index (χ4n) is 8.15. The maximum Gasteiger partial charge on any atom is 0.150 e. The van der Waals surface area contributed by atoms with Crippen molar-refractivity contribution in [2.24, 2.45) is 23.7 Å². The highest BCUT2D eigenvalue weighted by atomic mass is 35.5. The highest BCUT2D eigenvalue weighted by Gasteiger charge is 2.39. The zero-order chi connectivity index (χ0) is 35.6. The summed E-state index contributed by atoms with van der Waals surface area (Å²) in [5.41, 5.74) is 4.32. The van der Waals surface area contributed by atoms with Crippen molar-refractivity contribution in [2.75, 3.05) is 77.6 Å². The Morgan fingerprint density at radius 3 is 2.58 bits per heavy atom. The van der Waals surface area contributed by atoms with Crippen LogP contribution in [0.15, 0.2) is 48.6 Å². The van der Waals surface area contributed by atoms with E-state index in [-0.39, 0.29) is 23.3 Å². The van der Waals surface area contributed by atoms with Gasteiger partial charge in [-0.2, -0.15) is 0 Å². The van der Waals surface area contributed by atoms with Gasteiger partial charge in [-0.15, -0.1) is 10.7 Å². The Balaban J connectivity index is 1.37. The minimum atomic E-state index is -0.272. The number of benzene rings is 2. The number of piperazine rings is 1. The van der Waals surface area contributed by atoms with Crippen LogP contribution in [-0.4, -0.2) is 99.9 Å². The predicted molar refractivity (Wildman–Crippen MR) is 212 cm³/mol. The molecular formula is C41H60ClFN4O2S. The summed E-state index contributed by atoms with van der Waals surface area (Å²) in [5, 5.41) is 1.29. The fraction of sp³-hybridized carbons (Fsp3) is 0.610.